The van der Waals surface area contributed by atoms with E-state index in [-0.39, 0.29) is 24.3 Å². The van der Waals surface area contributed by atoms with E-state index in [0.717, 1.165) is 24.1 Å². The van der Waals surface area contributed by atoms with E-state index in [1.54, 1.807) is 4.90 Å². The van der Waals surface area contributed by atoms with Crippen molar-refractivity contribution in [3.8, 4) is 0 Å². The highest BCUT2D eigenvalue weighted by molar-refractivity contribution is 6.09. The molecule has 1 aromatic carbocycles. The Morgan fingerprint density at radius 1 is 1.28 bits per heavy atom. The van der Waals surface area contributed by atoms with Gasteiger partial charge in [-0.15, -0.1) is 0 Å². The van der Waals surface area contributed by atoms with E-state index in [0.29, 0.717) is 26.2 Å². The molecule has 2 aliphatic rings. The van der Waals surface area contributed by atoms with Crippen LogP contribution in [0.1, 0.15) is 24.8 Å². The Kier molecular flexibility index (Phi) is 5.71. The van der Waals surface area contributed by atoms with Crippen LogP contribution >= 0.6 is 0 Å². The Labute approximate surface area is 148 Å². The molecule has 0 aromatic heterocycles. The minimum absolute atomic E-state index is 0.150. The molecule has 2 amide bonds. The van der Waals surface area contributed by atoms with Crippen molar-refractivity contribution in [1.82, 2.24) is 5.32 Å². The summed E-state index contributed by atoms with van der Waals surface area (Å²) in [6, 6.07) is 7.73. The van der Waals surface area contributed by atoms with Crippen LogP contribution in [-0.4, -0.2) is 49.3 Å². The number of hydrogen-bond acceptors (Lipinski definition) is 4. The van der Waals surface area contributed by atoms with Gasteiger partial charge in [-0.25, -0.2) is 0 Å². The number of nitrogens with zero attached hydrogens (tertiary/aromatic N) is 1. The molecular formula is C19H26N2O4. The van der Waals surface area contributed by atoms with Gasteiger partial charge in [0.15, 0.2) is 0 Å². The van der Waals surface area contributed by atoms with Crippen molar-refractivity contribution in [2.24, 2.45) is 11.8 Å². The van der Waals surface area contributed by atoms with Gasteiger partial charge in [0.2, 0.25) is 11.8 Å². The summed E-state index contributed by atoms with van der Waals surface area (Å²) < 4.78 is 5.28. The van der Waals surface area contributed by atoms with Gasteiger partial charge in [0.1, 0.15) is 5.92 Å². The summed E-state index contributed by atoms with van der Waals surface area (Å²) in [7, 11) is 0. The van der Waals surface area contributed by atoms with E-state index >= 15 is 0 Å². The van der Waals surface area contributed by atoms with Gasteiger partial charge in [0.25, 0.3) is 0 Å². The molecule has 0 radical (unpaired) electrons. The minimum atomic E-state index is -0.664. The summed E-state index contributed by atoms with van der Waals surface area (Å²) >= 11 is 0. The number of benzene rings is 1. The fourth-order valence-electron chi connectivity index (χ4n) is 3.50. The molecule has 2 heterocycles. The lowest BCUT2D eigenvalue weighted by Gasteiger charge is -2.27. The molecule has 2 N–H and O–H groups in total. The lowest BCUT2D eigenvalue weighted by Crippen LogP contribution is -2.42. The third-order valence-corrected chi connectivity index (χ3v) is 5.16. The second kappa shape index (κ2) is 7.97. The number of ether oxygens (including phenoxy) is 1. The van der Waals surface area contributed by atoms with Gasteiger partial charge in [-0.1, -0.05) is 17.7 Å². The summed E-state index contributed by atoms with van der Waals surface area (Å²) in [4.78, 5) is 26.6. The van der Waals surface area contributed by atoms with Crippen LogP contribution in [0.15, 0.2) is 24.3 Å². The number of aliphatic hydroxyl groups excluding tert-OH is 1. The Bertz CT molecular complexity index is 610. The topological polar surface area (TPSA) is 78.9 Å². The molecule has 0 saturated carbocycles. The first-order chi connectivity index (χ1) is 12.1. The maximum atomic E-state index is 12.6. The molecule has 0 aliphatic carbocycles. The standard InChI is InChI=1S/C19H26N2O4/c1-13-2-4-15(5-3-13)21-9-6-16(19(21)24)18(23)20-12-17(22)14-7-10-25-11-8-14/h2-5,14,16-17,22H,6-12H2,1H3,(H,20,23)/t16-,17-/m0/s1. The van der Waals surface area contributed by atoms with Gasteiger partial charge in [0, 0.05) is 32.0 Å². The van der Waals surface area contributed by atoms with Crippen molar-refractivity contribution in [2.75, 3.05) is 31.2 Å². The zero-order valence-corrected chi connectivity index (χ0v) is 14.6. The average molecular weight is 346 g/mol. The largest absolute Gasteiger partial charge is 0.391 e. The number of amides is 2. The smallest absolute Gasteiger partial charge is 0.239 e. The van der Waals surface area contributed by atoms with Gasteiger partial charge in [-0.3, -0.25) is 9.59 Å². The first-order valence-electron chi connectivity index (χ1n) is 8.98. The Morgan fingerprint density at radius 2 is 1.96 bits per heavy atom. The molecule has 2 saturated heterocycles. The maximum Gasteiger partial charge on any atom is 0.239 e. The van der Waals surface area contributed by atoms with Crippen LogP contribution in [0.5, 0.6) is 0 Å². The fourth-order valence-corrected chi connectivity index (χ4v) is 3.50. The normalized spacial score (nSPS) is 22.9. The minimum Gasteiger partial charge on any atom is -0.391 e. The molecule has 0 unspecified atom stereocenters. The molecule has 3 rings (SSSR count). The van der Waals surface area contributed by atoms with Crippen molar-refractivity contribution in [1.29, 1.82) is 0 Å². The number of hydrogen-bond donors (Lipinski definition) is 2. The summed E-state index contributed by atoms with van der Waals surface area (Å²) in [5, 5.41) is 13.0. The van der Waals surface area contributed by atoms with Crippen LogP contribution in [0.4, 0.5) is 5.69 Å². The zero-order chi connectivity index (χ0) is 17.8. The molecule has 2 atom stereocenters. The first kappa shape index (κ1) is 17.9. The molecule has 0 spiro atoms. The molecule has 1 aromatic rings. The molecule has 2 aliphatic heterocycles. The number of nitrogens with one attached hydrogen (secondary N) is 1. The maximum absolute atomic E-state index is 12.6. The third-order valence-electron chi connectivity index (χ3n) is 5.16. The molecule has 6 heteroatoms. The average Bonchev–Trinajstić information content (AvgIpc) is 3.02. The zero-order valence-electron chi connectivity index (χ0n) is 14.6. The highest BCUT2D eigenvalue weighted by Crippen LogP contribution is 2.26. The Morgan fingerprint density at radius 3 is 2.64 bits per heavy atom. The van der Waals surface area contributed by atoms with Crippen LogP contribution in [0.3, 0.4) is 0 Å². The third kappa shape index (κ3) is 4.19. The molecule has 136 valence electrons. The van der Waals surface area contributed by atoms with Crippen LogP contribution < -0.4 is 10.2 Å². The van der Waals surface area contributed by atoms with Crippen molar-refractivity contribution < 1.29 is 19.4 Å². The number of aryl methyl sites for hydroxylation is 1. The fraction of sp³-hybridized carbons (Fsp3) is 0.579. The highest BCUT2D eigenvalue weighted by Gasteiger charge is 2.37. The quantitative estimate of drug-likeness (QED) is 0.787. The summed E-state index contributed by atoms with van der Waals surface area (Å²) in [6.45, 7) is 4.04. The predicted octanol–water partition coefficient (Wildman–Crippen LogP) is 1.25. The van der Waals surface area contributed by atoms with Gasteiger partial charge in [-0.05, 0) is 44.2 Å². The summed E-state index contributed by atoms with van der Waals surface area (Å²) in [5.41, 5.74) is 1.96. The molecule has 6 nitrogen and oxygen atoms in total. The summed E-state index contributed by atoms with van der Waals surface area (Å²) in [6.07, 6.45) is 1.53. The van der Waals surface area contributed by atoms with Gasteiger partial charge < -0.3 is 20.1 Å². The number of anilines is 1. The van der Waals surface area contributed by atoms with E-state index in [4.69, 9.17) is 4.74 Å². The van der Waals surface area contributed by atoms with Crippen LogP contribution in [-0.2, 0) is 14.3 Å². The lowest BCUT2D eigenvalue weighted by atomic mass is 9.94. The van der Waals surface area contributed by atoms with Gasteiger partial charge in [0.05, 0.1) is 6.10 Å². The number of rotatable bonds is 5. The van der Waals surface area contributed by atoms with E-state index in [1.807, 2.05) is 31.2 Å². The number of carbonyl (C=O) groups excluding carboxylic acids is 2. The van der Waals surface area contributed by atoms with Crippen molar-refractivity contribution in [3.05, 3.63) is 29.8 Å². The van der Waals surface area contributed by atoms with E-state index in [1.165, 1.54) is 0 Å². The molecule has 0 bridgehead atoms. The monoisotopic (exact) mass is 346 g/mol. The number of aliphatic hydroxyl groups is 1. The van der Waals surface area contributed by atoms with Crippen molar-refractivity contribution in [3.63, 3.8) is 0 Å². The SMILES string of the molecule is Cc1ccc(N2CC[C@@H](C(=O)NC[C@H](O)C3CCOCC3)C2=O)cc1. The molecular weight excluding hydrogens is 320 g/mol. The van der Waals surface area contributed by atoms with Crippen LogP contribution in [0, 0.1) is 18.8 Å². The van der Waals surface area contributed by atoms with Crippen molar-refractivity contribution in [2.45, 2.75) is 32.3 Å². The van der Waals surface area contributed by atoms with Crippen molar-refractivity contribution >= 4 is 17.5 Å². The lowest BCUT2D eigenvalue weighted by molar-refractivity contribution is -0.132. The van der Waals surface area contributed by atoms with E-state index in [9.17, 15) is 14.7 Å². The molecule has 25 heavy (non-hydrogen) atoms. The Hall–Kier alpha value is -1.92. The van der Waals surface area contributed by atoms with Crippen LogP contribution in [0.2, 0.25) is 0 Å². The molecule has 2 fully saturated rings. The predicted molar refractivity (Wildman–Crippen MR) is 94.2 cm³/mol. The highest BCUT2D eigenvalue weighted by atomic mass is 16.5. The summed E-state index contributed by atoms with van der Waals surface area (Å²) in [5.74, 6) is -0.965. The second-order valence-corrected chi connectivity index (χ2v) is 6.93. The first-order valence-corrected chi connectivity index (χ1v) is 8.98. The van der Waals surface area contributed by atoms with Crippen LogP contribution in [0.25, 0.3) is 0 Å². The second-order valence-electron chi connectivity index (χ2n) is 6.93. The number of carbonyl (C=O) groups is 2. The Balaban J connectivity index is 1.52. The van der Waals surface area contributed by atoms with E-state index < -0.39 is 12.0 Å². The van der Waals surface area contributed by atoms with Gasteiger partial charge >= 0.3 is 0 Å². The van der Waals surface area contributed by atoms with Gasteiger partial charge in [-0.2, -0.15) is 0 Å². The van der Waals surface area contributed by atoms with E-state index in [2.05, 4.69) is 5.32 Å².